The standard InChI is InChI=1S/C16H26N4O2S/c1-16(2,3)14-19-20-15(23-14)18-13(22)10-9-12(21)17-11-7-5-4-6-8-11/h11H,4-10H2,1-3H3,(H,17,21)(H,18,20,22). The van der Waals surface area contributed by atoms with Crippen LogP contribution in [0.25, 0.3) is 0 Å². The first kappa shape index (κ1) is 17.8. The van der Waals surface area contributed by atoms with Crippen molar-refractivity contribution in [1.29, 1.82) is 0 Å². The highest BCUT2D eigenvalue weighted by Crippen LogP contribution is 2.27. The number of amides is 2. The Hall–Kier alpha value is -1.50. The molecule has 1 saturated carbocycles. The first-order valence-corrected chi connectivity index (χ1v) is 9.09. The highest BCUT2D eigenvalue weighted by atomic mass is 32.1. The fourth-order valence-electron chi connectivity index (χ4n) is 2.53. The molecule has 2 amide bonds. The van der Waals surface area contributed by atoms with Crippen LogP contribution in [0.2, 0.25) is 0 Å². The van der Waals surface area contributed by atoms with Gasteiger partial charge >= 0.3 is 0 Å². The molecule has 1 aliphatic carbocycles. The van der Waals surface area contributed by atoms with E-state index in [1.807, 2.05) is 0 Å². The number of anilines is 1. The van der Waals surface area contributed by atoms with Gasteiger partial charge in [-0.25, -0.2) is 0 Å². The quantitative estimate of drug-likeness (QED) is 0.864. The topological polar surface area (TPSA) is 84.0 Å². The second-order valence-corrected chi connectivity index (χ2v) is 8.09. The summed E-state index contributed by atoms with van der Waals surface area (Å²) >= 11 is 1.38. The lowest BCUT2D eigenvalue weighted by molar-refractivity contribution is -0.125. The average Bonchev–Trinajstić information content (AvgIpc) is 2.95. The van der Waals surface area contributed by atoms with Gasteiger partial charge in [0.1, 0.15) is 5.01 Å². The Balaban J connectivity index is 1.72. The van der Waals surface area contributed by atoms with Crippen molar-refractivity contribution in [1.82, 2.24) is 15.5 Å². The van der Waals surface area contributed by atoms with Crippen molar-refractivity contribution in [2.24, 2.45) is 0 Å². The minimum atomic E-state index is -0.194. The van der Waals surface area contributed by atoms with E-state index in [0.717, 1.165) is 17.8 Å². The van der Waals surface area contributed by atoms with E-state index >= 15 is 0 Å². The molecule has 0 unspecified atom stereocenters. The Kier molecular flexibility index (Phi) is 6.10. The van der Waals surface area contributed by atoms with Crippen LogP contribution < -0.4 is 10.6 Å². The molecule has 0 bridgehead atoms. The van der Waals surface area contributed by atoms with Crippen LogP contribution in [0.1, 0.15) is 70.7 Å². The summed E-state index contributed by atoms with van der Waals surface area (Å²) in [6.07, 6.45) is 6.11. The van der Waals surface area contributed by atoms with Crippen molar-refractivity contribution in [3.05, 3.63) is 5.01 Å². The number of nitrogens with zero attached hydrogens (tertiary/aromatic N) is 2. The fourth-order valence-corrected chi connectivity index (χ4v) is 3.35. The number of nitrogens with one attached hydrogen (secondary N) is 2. The minimum absolute atomic E-state index is 0.0419. The second-order valence-electron chi connectivity index (χ2n) is 7.11. The highest BCUT2D eigenvalue weighted by Gasteiger charge is 2.20. The van der Waals surface area contributed by atoms with Crippen LogP contribution in [0.5, 0.6) is 0 Å². The zero-order valence-corrected chi connectivity index (χ0v) is 15.0. The van der Waals surface area contributed by atoms with Crippen molar-refractivity contribution in [2.45, 2.75) is 77.2 Å². The van der Waals surface area contributed by atoms with E-state index in [9.17, 15) is 9.59 Å². The third-order valence-electron chi connectivity index (χ3n) is 3.86. The zero-order valence-electron chi connectivity index (χ0n) is 14.1. The van der Waals surface area contributed by atoms with Gasteiger partial charge in [0, 0.05) is 24.3 Å². The van der Waals surface area contributed by atoms with Gasteiger partial charge < -0.3 is 10.6 Å². The van der Waals surface area contributed by atoms with Crippen LogP contribution in [0, 0.1) is 0 Å². The molecule has 23 heavy (non-hydrogen) atoms. The number of carbonyl (C=O) groups is 2. The van der Waals surface area contributed by atoms with E-state index in [4.69, 9.17) is 0 Å². The molecule has 7 heteroatoms. The van der Waals surface area contributed by atoms with Gasteiger partial charge in [-0.1, -0.05) is 51.4 Å². The first-order valence-electron chi connectivity index (χ1n) is 8.28. The van der Waals surface area contributed by atoms with Gasteiger partial charge in [0.25, 0.3) is 0 Å². The lowest BCUT2D eigenvalue weighted by Crippen LogP contribution is -2.36. The third-order valence-corrected chi connectivity index (χ3v) is 5.13. The number of carbonyl (C=O) groups excluding carboxylic acids is 2. The maximum atomic E-state index is 11.9. The molecule has 1 aliphatic rings. The summed E-state index contributed by atoms with van der Waals surface area (Å²) < 4.78 is 0. The Morgan fingerprint density at radius 2 is 1.74 bits per heavy atom. The summed E-state index contributed by atoms with van der Waals surface area (Å²) in [5, 5.41) is 15.2. The Bertz CT molecular complexity index is 545. The van der Waals surface area contributed by atoms with Crippen LogP contribution in [-0.4, -0.2) is 28.1 Å². The first-order chi connectivity index (χ1) is 10.8. The van der Waals surface area contributed by atoms with Crippen LogP contribution in [0.3, 0.4) is 0 Å². The molecule has 2 N–H and O–H groups in total. The number of aromatic nitrogens is 2. The normalized spacial score (nSPS) is 16.1. The van der Waals surface area contributed by atoms with Crippen LogP contribution in [0.15, 0.2) is 0 Å². The van der Waals surface area contributed by atoms with Gasteiger partial charge in [-0.3, -0.25) is 9.59 Å². The summed E-state index contributed by atoms with van der Waals surface area (Å²) in [7, 11) is 0. The molecular weight excluding hydrogens is 312 g/mol. The van der Waals surface area contributed by atoms with Crippen molar-refractivity contribution < 1.29 is 9.59 Å². The molecule has 0 radical (unpaired) electrons. The Morgan fingerprint density at radius 1 is 1.09 bits per heavy atom. The molecule has 0 aliphatic heterocycles. The number of hydrogen-bond donors (Lipinski definition) is 2. The van der Waals surface area contributed by atoms with Gasteiger partial charge in [0.05, 0.1) is 0 Å². The SMILES string of the molecule is CC(C)(C)c1nnc(NC(=O)CCC(=O)NC2CCCCC2)s1. The molecular formula is C16H26N4O2S. The molecule has 1 fully saturated rings. The third kappa shape index (κ3) is 5.89. The van der Waals surface area contributed by atoms with Gasteiger partial charge in [0.2, 0.25) is 16.9 Å². The lowest BCUT2D eigenvalue weighted by Gasteiger charge is -2.22. The second kappa shape index (κ2) is 7.86. The molecule has 6 nitrogen and oxygen atoms in total. The average molecular weight is 338 g/mol. The monoisotopic (exact) mass is 338 g/mol. The van der Waals surface area contributed by atoms with E-state index in [-0.39, 0.29) is 36.1 Å². The van der Waals surface area contributed by atoms with Crippen LogP contribution in [0.4, 0.5) is 5.13 Å². The van der Waals surface area contributed by atoms with E-state index in [1.165, 1.54) is 30.6 Å². The number of rotatable bonds is 5. The van der Waals surface area contributed by atoms with Crippen molar-refractivity contribution >= 4 is 28.3 Å². The van der Waals surface area contributed by atoms with Gasteiger partial charge in [0.15, 0.2) is 0 Å². The minimum Gasteiger partial charge on any atom is -0.353 e. The van der Waals surface area contributed by atoms with E-state index in [2.05, 4.69) is 41.6 Å². The molecule has 0 saturated heterocycles. The molecule has 1 aromatic heterocycles. The number of hydrogen-bond acceptors (Lipinski definition) is 5. The molecule has 2 rings (SSSR count). The molecule has 0 atom stereocenters. The summed E-state index contributed by atoms with van der Waals surface area (Å²) in [6, 6.07) is 0.289. The maximum absolute atomic E-state index is 11.9. The predicted molar refractivity (Wildman–Crippen MR) is 91.5 cm³/mol. The maximum Gasteiger partial charge on any atom is 0.226 e. The predicted octanol–water partition coefficient (Wildman–Crippen LogP) is 3.00. The fraction of sp³-hybridized carbons (Fsp3) is 0.750. The molecule has 128 valence electrons. The Morgan fingerprint density at radius 3 is 2.35 bits per heavy atom. The van der Waals surface area contributed by atoms with E-state index in [1.54, 1.807) is 0 Å². The zero-order chi connectivity index (χ0) is 16.9. The summed E-state index contributed by atoms with van der Waals surface area (Å²) in [6.45, 7) is 6.15. The summed E-state index contributed by atoms with van der Waals surface area (Å²) in [4.78, 5) is 23.8. The molecule has 1 heterocycles. The highest BCUT2D eigenvalue weighted by molar-refractivity contribution is 7.15. The largest absolute Gasteiger partial charge is 0.353 e. The van der Waals surface area contributed by atoms with Gasteiger partial charge in [-0.05, 0) is 12.8 Å². The van der Waals surface area contributed by atoms with E-state index < -0.39 is 0 Å². The van der Waals surface area contributed by atoms with Crippen molar-refractivity contribution in [2.75, 3.05) is 5.32 Å². The van der Waals surface area contributed by atoms with Gasteiger partial charge in [-0.15, -0.1) is 10.2 Å². The van der Waals surface area contributed by atoms with Crippen LogP contribution >= 0.6 is 11.3 Å². The smallest absolute Gasteiger partial charge is 0.226 e. The summed E-state index contributed by atoms with van der Waals surface area (Å²) in [5.74, 6) is -0.236. The lowest BCUT2D eigenvalue weighted by atomic mass is 9.95. The van der Waals surface area contributed by atoms with Crippen molar-refractivity contribution in [3.63, 3.8) is 0 Å². The molecule has 0 aromatic carbocycles. The molecule has 0 spiro atoms. The summed E-state index contributed by atoms with van der Waals surface area (Å²) in [5.41, 5.74) is -0.0828. The van der Waals surface area contributed by atoms with Crippen molar-refractivity contribution in [3.8, 4) is 0 Å². The Labute approximate surface area is 141 Å². The van der Waals surface area contributed by atoms with Crippen LogP contribution in [-0.2, 0) is 15.0 Å². The molecule has 1 aromatic rings. The van der Waals surface area contributed by atoms with Gasteiger partial charge in [-0.2, -0.15) is 0 Å². The van der Waals surface area contributed by atoms with E-state index in [0.29, 0.717) is 5.13 Å².